The first-order valence-corrected chi connectivity index (χ1v) is 11.2. The minimum Gasteiger partial charge on any atom is -0.335 e. The first-order chi connectivity index (χ1) is 13.1. The maximum Gasteiger partial charge on any atom is 0.317 e. The number of urea groups is 1. The van der Waals surface area contributed by atoms with Crippen molar-refractivity contribution >= 4 is 29.4 Å². The molecule has 0 aromatic heterocycles. The van der Waals surface area contributed by atoms with Gasteiger partial charge in [0.15, 0.2) is 0 Å². The number of carbonyl (C=O) groups excluding carboxylic acids is 2. The lowest BCUT2D eigenvalue weighted by Crippen LogP contribution is -2.55. The summed E-state index contributed by atoms with van der Waals surface area (Å²) in [5.74, 6) is 0.714. The van der Waals surface area contributed by atoms with Gasteiger partial charge in [-0.1, -0.05) is 37.0 Å². The van der Waals surface area contributed by atoms with Crippen molar-refractivity contribution in [2.75, 3.05) is 23.7 Å². The summed E-state index contributed by atoms with van der Waals surface area (Å²) in [5, 5.41) is 3.23. The standard InChI is InChI=1S/C21H29N3O2S/c1-16-7-9-18(10-8-16)24-19(25)15-27-21(24)11-13-23(14-12-21)20(26)22-17-5-3-2-4-6-17/h7-10,17H,2-6,11-15H2,1H3,(H,22,26). The van der Waals surface area contributed by atoms with E-state index in [1.165, 1.54) is 24.8 Å². The van der Waals surface area contributed by atoms with E-state index in [0.29, 0.717) is 24.9 Å². The minimum absolute atomic E-state index is 0.0768. The van der Waals surface area contributed by atoms with Gasteiger partial charge in [-0.3, -0.25) is 9.69 Å². The van der Waals surface area contributed by atoms with Crippen molar-refractivity contribution in [2.45, 2.75) is 62.8 Å². The van der Waals surface area contributed by atoms with E-state index in [1.54, 1.807) is 11.8 Å². The molecule has 1 aliphatic carbocycles. The van der Waals surface area contributed by atoms with Crippen molar-refractivity contribution < 1.29 is 9.59 Å². The molecular weight excluding hydrogens is 358 g/mol. The predicted molar refractivity (Wildman–Crippen MR) is 110 cm³/mol. The molecule has 2 saturated heterocycles. The van der Waals surface area contributed by atoms with Crippen LogP contribution in [0.15, 0.2) is 24.3 Å². The first kappa shape index (κ1) is 18.7. The SMILES string of the molecule is Cc1ccc(N2C(=O)CSC23CCN(C(=O)NC2CCCCC2)CC3)cc1. The van der Waals surface area contributed by atoms with Gasteiger partial charge in [0, 0.05) is 24.8 Å². The Morgan fingerprint density at radius 2 is 1.78 bits per heavy atom. The van der Waals surface area contributed by atoms with Gasteiger partial charge in [-0.25, -0.2) is 4.79 Å². The molecular formula is C21H29N3O2S. The van der Waals surface area contributed by atoms with Gasteiger partial charge in [0.05, 0.1) is 10.6 Å². The van der Waals surface area contributed by atoms with Crippen LogP contribution in [-0.4, -0.2) is 46.6 Å². The van der Waals surface area contributed by atoms with Crippen LogP contribution < -0.4 is 10.2 Å². The van der Waals surface area contributed by atoms with Gasteiger partial charge in [-0.15, -0.1) is 11.8 Å². The van der Waals surface area contributed by atoms with Crippen molar-refractivity contribution in [1.82, 2.24) is 10.2 Å². The molecule has 27 heavy (non-hydrogen) atoms. The average Bonchev–Trinajstić information content (AvgIpc) is 3.00. The van der Waals surface area contributed by atoms with Gasteiger partial charge < -0.3 is 10.2 Å². The Hall–Kier alpha value is -1.69. The molecule has 146 valence electrons. The van der Waals surface area contributed by atoms with E-state index < -0.39 is 0 Å². The van der Waals surface area contributed by atoms with Crippen molar-refractivity contribution in [2.24, 2.45) is 0 Å². The molecule has 1 saturated carbocycles. The fourth-order valence-corrected chi connectivity index (χ4v) is 5.89. The Morgan fingerprint density at radius 1 is 1.11 bits per heavy atom. The highest BCUT2D eigenvalue weighted by Crippen LogP contribution is 2.46. The molecule has 0 atom stereocenters. The number of piperidine rings is 1. The van der Waals surface area contributed by atoms with Gasteiger partial charge in [0.2, 0.25) is 5.91 Å². The molecule has 1 spiro atoms. The molecule has 1 N–H and O–H groups in total. The predicted octanol–water partition coefficient (Wildman–Crippen LogP) is 3.91. The molecule has 3 amide bonds. The van der Waals surface area contributed by atoms with Crippen LogP contribution in [0.2, 0.25) is 0 Å². The topological polar surface area (TPSA) is 52.7 Å². The Morgan fingerprint density at radius 3 is 2.44 bits per heavy atom. The molecule has 1 aromatic rings. The summed E-state index contributed by atoms with van der Waals surface area (Å²) in [7, 11) is 0. The second-order valence-electron chi connectivity index (χ2n) is 8.07. The van der Waals surface area contributed by atoms with Crippen LogP contribution in [0.25, 0.3) is 0 Å². The van der Waals surface area contributed by atoms with Crippen molar-refractivity contribution in [1.29, 1.82) is 0 Å². The number of hydrogen-bond donors (Lipinski definition) is 1. The van der Waals surface area contributed by atoms with Crippen molar-refractivity contribution in [3.63, 3.8) is 0 Å². The van der Waals surface area contributed by atoms with Crippen molar-refractivity contribution in [3.8, 4) is 0 Å². The normalized spacial score (nSPS) is 23.1. The van der Waals surface area contributed by atoms with Crippen LogP contribution in [0.5, 0.6) is 0 Å². The number of thioether (sulfide) groups is 1. The summed E-state index contributed by atoms with van der Waals surface area (Å²) in [5.41, 5.74) is 2.18. The zero-order valence-electron chi connectivity index (χ0n) is 16.1. The molecule has 6 heteroatoms. The zero-order chi connectivity index (χ0) is 18.9. The van der Waals surface area contributed by atoms with Gasteiger partial charge in [0.25, 0.3) is 0 Å². The lowest BCUT2D eigenvalue weighted by molar-refractivity contribution is -0.116. The van der Waals surface area contributed by atoms with Gasteiger partial charge in [0.1, 0.15) is 0 Å². The number of nitrogens with one attached hydrogen (secondary N) is 1. The van der Waals surface area contributed by atoms with E-state index in [0.717, 1.165) is 31.4 Å². The third kappa shape index (κ3) is 3.82. The highest BCUT2D eigenvalue weighted by Gasteiger charge is 2.49. The van der Waals surface area contributed by atoms with E-state index in [4.69, 9.17) is 0 Å². The van der Waals surface area contributed by atoms with Crippen LogP contribution in [0, 0.1) is 6.92 Å². The molecule has 4 rings (SSSR count). The van der Waals surface area contributed by atoms with Crippen LogP contribution in [-0.2, 0) is 4.79 Å². The van der Waals surface area contributed by atoms with Crippen LogP contribution >= 0.6 is 11.8 Å². The Labute approximate surface area is 165 Å². The number of nitrogens with zero attached hydrogens (tertiary/aromatic N) is 2. The number of amides is 3. The van der Waals surface area contributed by atoms with E-state index >= 15 is 0 Å². The minimum atomic E-state index is -0.200. The maximum absolute atomic E-state index is 12.7. The number of carbonyl (C=O) groups is 2. The number of benzene rings is 1. The van der Waals surface area contributed by atoms with E-state index in [2.05, 4.69) is 24.4 Å². The summed E-state index contributed by atoms with van der Waals surface area (Å²) in [6, 6.07) is 8.63. The maximum atomic E-state index is 12.7. The molecule has 1 aromatic carbocycles. The Bertz CT molecular complexity index is 692. The first-order valence-electron chi connectivity index (χ1n) is 10.2. The van der Waals surface area contributed by atoms with Gasteiger partial charge >= 0.3 is 6.03 Å². The quantitative estimate of drug-likeness (QED) is 0.837. The molecule has 5 nitrogen and oxygen atoms in total. The second kappa shape index (κ2) is 7.74. The van der Waals surface area contributed by atoms with Crippen molar-refractivity contribution in [3.05, 3.63) is 29.8 Å². The average molecular weight is 388 g/mol. The summed E-state index contributed by atoms with van der Waals surface area (Å²) < 4.78 is 0. The number of aryl methyl sites for hydroxylation is 1. The molecule has 2 heterocycles. The largest absolute Gasteiger partial charge is 0.335 e. The van der Waals surface area contributed by atoms with E-state index in [9.17, 15) is 9.59 Å². The number of likely N-dealkylation sites (tertiary alicyclic amines) is 1. The summed E-state index contributed by atoms with van der Waals surface area (Å²) >= 11 is 1.75. The summed E-state index contributed by atoms with van der Waals surface area (Å²) in [6.45, 7) is 3.48. The summed E-state index contributed by atoms with van der Waals surface area (Å²) in [4.78, 5) is 29.0. The molecule has 0 unspecified atom stereocenters. The lowest BCUT2D eigenvalue weighted by Gasteiger charge is -2.44. The van der Waals surface area contributed by atoms with Gasteiger partial charge in [-0.05, 0) is 44.7 Å². The fraction of sp³-hybridized carbons (Fsp3) is 0.619. The number of rotatable bonds is 2. The smallest absolute Gasteiger partial charge is 0.317 e. The molecule has 2 aliphatic heterocycles. The monoisotopic (exact) mass is 387 g/mol. The zero-order valence-corrected chi connectivity index (χ0v) is 16.9. The molecule has 0 radical (unpaired) electrons. The number of hydrogen-bond acceptors (Lipinski definition) is 3. The van der Waals surface area contributed by atoms with E-state index in [-0.39, 0.29) is 16.8 Å². The fourth-order valence-electron chi connectivity index (χ4n) is 4.57. The third-order valence-electron chi connectivity index (χ3n) is 6.18. The van der Waals surface area contributed by atoms with E-state index in [1.807, 2.05) is 21.9 Å². The number of anilines is 1. The van der Waals surface area contributed by atoms with Crippen LogP contribution in [0.3, 0.4) is 0 Å². The highest BCUT2D eigenvalue weighted by atomic mass is 32.2. The highest BCUT2D eigenvalue weighted by molar-refractivity contribution is 8.02. The second-order valence-corrected chi connectivity index (χ2v) is 9.41. The Kier molecular flexibility index (Phi) is 5.35. The lowest BCUT2D eigenvalue weighted by atomic mass is 9.95. The summed E-state index contributed by atoms with van der Waals surface area (Å²) in [6.07, 6.45) is 7.60. The molecule has 3 aliphatic rings. The van der Waals surface area contributed by atoms with Crippen LogP contribution in [0.4, 0.5) is 10.5 Å². The molecule has 0 bridgehead atoms. The molecule has 3 fully saturated rings. The van der Waals surface area contributed by atoms with Gasteiger partial charge in [-0.2, -0.15) is 0 Å². The Balaban J connectivity index is 1.41. The van der Waals surface area contributed by atoms with Crippen LogP contribution in [0.1, 0.15) is 50.5 Å². The third-order valence-corrected chi connectivity index (χ3v) is 7.70.